The molecule has 0 unspecified atom stereocenters. The van der Waals surface area contributed by atoms with Crippen LogP contribution >= 0.6 is 15.9 Å². The number of amides is 2. The second-order valence-electron chi connectivity index (χ2n) is 5.33. The van der Waals surface area contributed by atoms with Gasteiger partial charge in [0.25, 0.3) is 5.91 Å². The predicted molar refractivity (Wildman–Crippen MR) is 93.7 cm³/mol. The molecule has 3 rings (SSSR count). The van der Waals surface area contributed by atoms with E-state index >= 15 is 0 Å². The highest BCUT2D eigenvalue weighted by Gasteiger charge is 2.27. The van der Waals surface area contributed by atoms with E-state index in [0.29, 0.717) is 17.1 Å². The fourth-order valence-corrected chi connectivity index (χ4v) is 2.76. The van der Waals surface area contributed by atoms with E-state index in [1.165, 1.54) is 29.2 Å². The molecule has 2 aromatic rings. The number of hydrogen-bond donors (Lipinski definition) is 1. The molecule has 0 atom stereocenters. The van der Waals surface area contributed by atoms with E-state index in [4.69, 9.17) is 4.74 Å². The third kappa shape index (κ3) is 4.29. The Morgan fingerprint density at radius 1 is 1.27 bits per heavy atom. The van der Waals surface area contributed by atoms with E-state index < -0.39 is 12.5 Å². The maximum absolute atomic E-state index is 12.3. The van der Waals surface area contributed by atoms with Gasteiger partial charge in [0, 0.05) is 10.2 Å². The lowest BCUT2D eigenvalue weighted by atomic mass is 10.2. The van der Waals surface area contributed by atoms with Gasteiger partial charge in [-0.25, -0.2) is 0 Å². The fourth-order valence-electron chi connectivity index (χ4n) is 2.42. The molecule has 0 saturated carbocycles. The van der Waals surface area contributed by atoms with E-state index in [2.05, 4.69) is 26.0 Å². The average Bonchev–Trinajstić information content (AvgIpc) is 2.59. The topological polar surface area (TPSA) is 67.9 Å². The Balaban J connectivity index is 1.67. The maximum atomic E-state index is 12.3. The molecule has 26 heavy (non-hydrogen) atoms. The van der Waals surface area contributed by atoms with Gasteiger partial charge >= 0.3 is 6.61 Å². The monoisotopic (exact) mass is 426 g/mol. The van der Waals surface area contributed by atoms with Crippen LogP contribution in [-0.4, -0.2) is 31.6 Å². The van der Waals surface area contributed by atoms with Crippen molar-refractivity contribution in [3.63, 3.8) is 0 Å². The van der Waals surface area contributed by atoms with Crippen molar-refractivity contribution in [1.82, 2.24) is 0 Å². The molecule has 136 valence electrons. The van der Waals surface area contributed by atoms with E-state index in [1.807, 2.05) is 0 Å². The maximum Gasteiger partial charge on any atom is 0.387 e. The zero-order chi connectivity index (χ0) is 18.7. The summed E-state index contributed by atoms with van der Waals surface area (Å²) in [6.45, 7) is -3.27. The summed E-state index contributed by atoms with van der Waals surface area (Å²) in [7, 11) is 0. The van der Waals surface area contributed by atoms with Gasteiger partial charge in [-0.15, -0.1) is 0 Å². The van der Waals surface area contributed by atoms with Gasteiger partial charge in [0.1, 0.15) is 18.0 Å². The summed E-state index contributed by atoms with van der Waals surface area (Å²) in [6.07, 6.45) is 0. The van der Waals surface area contributed by atoms with Crippen LogP contribution in [0.4, 0.5) is 20.2 Å². The standard InChI is InChI=1S/C17H13BrF2N2O4/c18-10-1-6-13-14(7-10)25-9-16(24)22(13)8-15(23)21-11-2-4-12(5-3-11)26-17(19)20/h1-7,17H,8-9H2,(H,21,23). The summed E-state index contributed by atoms with van der Waals surface area (Å²) < 4.78 is 34.7. The average molecular weight is 427 g/mol. The van der Waals surface area contributed by atoms with Crippen LogP contribution in [-0.2, 0) is 9.59 Å². The van der Waals surface area contributed by atoms with Crippen molar-refractivity contribution in [1.29, 1.82) is 0 Å². The number of carbonyl (C=O) groups is 2. The van der Waals surface area contributed by atoms with Gasteiger partial charge in [0.15, 0.2) is 6.61 Å². The van der Waals surface area contributed by atoms with Gasteiger partial charge in [-0.05, 0) is 42.5 Å². The summed E-state index contributed by atoms with van der Waals surface area (Å²) in [4.78, 5) is 25.7. The molecular weight excluding hydrogens is 414 g/mol. The number of fused-ring (bicyclic) bond motifs is 1. The Morgan fingerprint density at radius 3 is 2.69 bits per heavy atom. The molecule has 2 aromatic carbocycles. The van der Waals surface area contributed by atoms with Crippen LogP contribution in [0.1, 0.15) is 0 Å². The van der Waals surface area contributed by atoms with Crippen molar-refractivity contribution in [2.24, 2.45) is 0 Å². The van der Waals surface area contributed by atoms with Gasteiger partial charge in [-0.3, -0.25) is 14.5 Å². The van der Waals surface area contributed by atoms with Crippen LogP contribution < -0.4 is 19.7 Å². The molecule has 0 aliphatic carbocycles. The van der Waals surface area contributed by atoms with Crippen molar-refractivity contribution in [3.8, 4) is 11.5 Å². The van der Waals surface area contributed by atoms with Crippen LogP contribution in [0.5, 0.6) is 11.5 Å². The van der Waals surface area contributed by atoms with Crippen molar-refractivity contribution < 1.29 is 27.8 Å². The van der Waals surface area contributed by atoms with Crippen LogP contribution in [0.25, 0.3) is 0 Å². The summed E-state index contributed by atoms with van der Waals surface area (Å²) in [5, 5.41) is 2.61. The molecule has 0 spiro atoms. The highest BCUT2D eigenvalue weighted by atomic mass is 79.9. The number of benzene rings is 2. The fraction of sp³-hybridized carbons (Fsp3) is 0.176. The number of carbonyl (C=O) groups excluding carboxylic acids is 2. The molecule has 1 heterocycles. The minimum Gasteiger partial charge on any atom is -0.482 e. The smallest absolute Gasteiger partial charge is 0.387 e. The molecule has 9 heteroatoms. The second-order valence-corrected chi connectivity index (χ2v) is 6.25. The number of nitrogens with one attached hydrogen (secondary N) is 1. The first-order valence-corrected chi connectivity index (χ1v) is 8.29. The lowest BCUT2D eigenvalue weighted by molar-refractivity contribution is -0.123. The highest BCUT2D eigenvalue weighted by Crippen LogP contribution is 2.34. The van der Waals surface area contributed by atoms with Gasteiger partial charge in [-0.1, -0.05) is 15.9 Å². The summed E-state index contributed by atoms with van der Waals surface area (Å²) in [6, 6.07) is 10.6. The van der Waals surface area contributed by atoms with Crippen LogP contribution in [0.3, 0.4) is 0 Å². The Labute approximate surface area is 155 Å². The predicted octanol–water partition coefficient (Wildman–Crippen LogP) is 3.41. The Morgan fingerprint density at radius 2 is 2.00 bits per heavy atom. The number of anilines is 2. The van der Waals surface area contributed by atoms with Crippen LogP contribution in [0.15, 0.2) is 46.9 Å². The first-order chi connectivity index (χ1) is 12.4. The minimum absolute atomic E-state index is 0.0131. The van der Waals surface area contributed by atoms with Gasteiger partial charge in [0.2, 0.25) is 5.91 Å². The molecule has 0 aromatic heterocycles. The van der Waals surface area contributed by atoms with Gasteiger partial charge < -0.3 is 14.8 Å². The normalized spacial score (nSPS) is 13.2. The molecule has 0 radical (unpaired) electrons. The molecule has 6 nitrogen and oxygen atoms in total. The first kappa shape index (κ1) is 18.1. The lowest BCUT2D eigenvalue weighted by Gasteiger charge is -2.29. The third-order valence-electron chi connectivity index (χ3n) is 3.53. The third-order valence-corrected chi connectivity index (χ3v) is 4.02. The summed E-state index contributed by atoms with van der Waals surface area (Å²) >= 11 is 3.32. The Hall–Kier alpha value is -2.68. The number of nitrogens with zero attached hydrogens (tertiary/aromatic N) is 1. The number of halogens is 3. The zero-order valence-corrected chi connectivity index (χ0v) is 14.8. The van der Waals surface area contributed by atoms with Gasteiger partial charge in [0.05, 0.1) is 5.69 Å². The SMILES string of the molecule is O=C(CN1C(=O)COc2cc(Br)ccc21)Nc1ccc(OC(F)F)cc1. The summed E-state index contributed by atoms with van der Waals surface area (Å²) in [5.74, 6) is -0.284. The van der Waals surface area contributed by atoms with Crippen molar-refractivity contribution >= 4 is 39.1 Å². The second kappa shape index (κ2) is 7.69. The number of alkyl halides is 2. The van der Waals surface area contributed by atoms with Crippen molar-refractivity contribution in [2.45, 2.75) is 6.61 Å². The molecule has 0 bridgehead atoms. The van der Waals surface area contributed by atoms with Crippen LogP contribution in [0.2, 0.25) is 0 Å². The highest BCUT2D eigenvalue weighted by molar-refractivity contribution is 9.10. The van der Waals surface area contributed by atoms with Crippen molar-refractivity contribution in [3.05, 3.63) is 46.9 Å². The Bertz CT molecular complexity index is 830. The number of hydrogen-bond acceptors (Lipinski definition) is 4. The van der Waals surface area contributed by atoms with E-state index in [-0.39, 0.29) is 24.8 Å². The number of ether oxygens (including phenoxy) is 2. The largest absolute Gasteiger partial charge is 0.482 e. The summed E-state index contributed by atoms with van der Waals surface area (Å²) in [5.41, 5.74) is 0.897. The van der Waals surface area contributed by atoms with Crippen molar-refractivity contribution in [2.75, 3.05) is 23.4 Å². The molecule has 1 N–H and O–H groups in total. The molecular formula is C17H13BrF2N2O4. The Kier molecular flexibility index (Phi) is 5.36. The first-order valence-electron chi connectivity index (χ1n) is 7.50. The molecule has 0 fully saturated rings. The quantitative estimate of drug-likeness (QED) is 0.795. The van der Waals surface area contributed by atoms with E-state index in [9.17, 15) is 18.4 Å². The van der Waals surface area contributed by atoms with E-state index in [0.717, 1.165) is 4.47 Å². The minimum atomic E-state index is -2.91. The lowest BCUT2D eigenvalue weighted by Crippen LogP contribution is -2.43. The molecule has 1 aliphatic rings. The van der Waals surface area contributed by atoms with Crippen LogP contribution in [0, 0.1) is 0 Å². The van der Waals surface area contributed by atoms with Gasteiger partial charge in [-0.2, -0.15) is 8.78 Å². The molecule has 2 amide bonds. The molecule has 1 aliphatic heterocycles. The number of rotatable bonds is 5. The van der Waals surface area contributed by atoms with E-state index in [1.54, 1.807) is 18.2 Å². The zero-order valence-electron chi connectivity index (χ0n) is 13.2. The molecule has 0 saturated heterocycles.